The van der Waals surface area contributed by atoms with Gasteiger partial charge < -0.3 is 24.3 Å². The lowest BCUT2D eigenvalue weighted by Crippen LogP contribution is -2.15. The van der Waals surface area contributed by atoms with Gasteiger partial charge in [0, 0.05) is 27.2 Å². The van der Waals surface area contributed by atoms with Crippen molar-refractivity contribution in [1.29, 1.82) is 0 Å². The number of ether oxygens (including phenoxy) is 3. The predicted molar refractivity (Wildman–Crippen MR) is 178 cm³/mol. The number of aromatic amines is 2. The van der Waals surface area contributed by atoms with Gasteiger partial charge in [-0.25, -0.2) is 9.18 Å². The molecule has 3 aromatic carbocycles. The van der Waals surface area contributed by atoms with E-state index in [9.17, 15) is 14.3 Å². The van der Waals surface area contributed by atoms with Gasteiger partial charge in [-0.2, -0.15) is 5.10 Å². The summed E-state index contributed by atoms with van der Waals surface area (Å²) in [6.45, 7) is 4.78. The summed E-state index contributed by atoms with van der Waals surface area (Å²) in [5.41, 5.74) is 4.94. The van der Waals surface area contributed by atoms with Crippen LogP contribution >= 0.6 is 27.5 Å². The molecule has 1 atom stereocenters. The van der Waals surface area contributed by atoms with Crippen LogP contribution in [-0.2, 0) is 28.9 Å². The third-order valence-corrected chi connectivity index (χ3v) is 8.41. The molecule has 2 heterocycles. The smallest absolute Gasteiger partial charge is 0.355 e. The number of rotatable bonds is 15. The first-order chi connectivity index (χ1) is 21.9. The van der Waals surface area contributed by atoms with Crippen LogP contribution in [0.25, 0.3) is 32.8 Å². The fourth-order valence-electron chi connectivity index (χ4n) is 5.54. The highest BCUT2D eigenvalue weighted by molar-refractivity contribution is 9.09. The van der Waals surface area contributed by atoms with E-state index in [4.69, 9.17) is 25.8 Å². The third-order valence-electron chi connectivity index (χ3n) is 7.64. The van der Waals surface area contributed by atoms with Crippen molar-refractivity contribution < 1.29 is 28.5 Å². The lowest BCUT2D eigenvalue weighted by Gasteiger charge is -2.12. The minimum Gasteiger partial charge on any atom is -0.493 e. The largest absolute Gasteiger partial charge is 0.493 e. The molecular weight excluding hydrogens is 665 g/mol. The van der Waals surface area contributed by atoms with Crippen molar-refractivity contribution in [3.63, 3.8) is 0 Å². The molecule has 2 aromatic heterocycles. The molecule has 0 saturated carbocycles. The number of aromatic nitrogens is 3. The summed E-state index contributed by atoms with van der Waals surface area (Å²) < 4.78 is 31.1. The zero-order valence-electron chi connectivity index (χ0n) is 25.2. The number of carbonyl (C=O) groups excluding carboxylic acids is 1. The van der Waals surface area contributed by atoms with Crippen LogP contribution in [0.3, 0.4) is 0 Å². The molecule has 0 spiro atoms. The van der Waals surface area contributed by atoms with Gasteiger partial charge in [-0.1, -0.05) is 52.7 Å². The van der Waals surface area contributed by atoms with Crippen molar-refractivity contribution in [3.05, 3.63) is 82.0 Å². The lowest BCUT2D eigenvalue weighted by molar-refractivity contribution is 0.0265. The van der Waals surface area contributed by atoms with E-state index in [2.05, 4.69) is 31.1 Å². The fourth-order valence-corrected chi connectivity index (χ4v) is 6.32. The molecule has 11 heteroatoms. The quantitative estimate of drug-likeness (QED) is 0.0582. The maximum atomic E-state index is 13.7. The summed E-state index contributed by atoms with van der Waals surface area (Å²) in [5.74, 6) is -0.0715. The van der Waals surface area contributed by atoms with Crippen LogP contribution in [0.4, 0.5) is 4.39 Å². The third kappa shape index (κ3) is 7.35. The number of aryl methyl sites for hydroxylation is 2. The molecule has 5 aromatic rings. The average molecular weight is 701 g/mol. The van der Waals surface area contributed by atoms with Crippen LogP contribution in [0, 0.1) is 5.82 Å². The molecule has 0 aliphatic rings. The van der Waals surface area contributed by atoms with Crippen molar-refractivity contribution in [2.24, 2.45) is 0 Å². The lowest BCUT2D eigenvalue weighted by atomic mass is 9.97. The van der Waals surface area contributed by atoms with Crippen LogP contribution in [0.15, 0.2) is 48.5 Å². The number of aliphatic hydroxyl groups is 1. The monoisotopic (exact) mass is 699 g/mol. The molecule has 3 N–H and O–H groups in total. The van der Waals surface area contributed by atoms with E-state index in [1.807, 2.05) is 37.3 Å². The molecule has 0 radical (unpaired) electrons. The summed E-state index contributed by atoms with van der Waals surface area (Å²) in [4.78, 5) is 16.5. The van der Waals surface area contributed by atoms with Crippen molar-refractivity contribution in [3.8, 4) is 16.9 Å². The minimum absolute atomic E-state index is 0.181. The summed E-state index contributed by atoms with van der Waals surface area (Å²) in [6, 6.07) is 13.9. The van der Waals surface area contributed by atoms with Crippen LogP contribution < -0.4 is 4.74 Å². The maximum Gasteiger partial charge on any atom is 0.355 e. The zero-order chi connectivity index (χ0) is 31.9. The van der Waals surface area contributed by atoms with E-state index in [1.165, 1.54) is 12.1 Å². The SMILES string of the molecule is CCOC(=O)c1[nH]c2c(-c3c(CC)n[nH]c3COCC(O)CCBr)c(Cl)ccc2c1CCCOc1cccc2cc(F)ccc12. The second-order valence-electron chi connectivity index (χ2n) is 10.6. The maximum absolute atomic E-state index is 13.7. The number of carbonyl (C=O) groups is 1. The van der Waals surface area contributed by atoms with E-state index < -0.39 is 12.1 Å². The zero-order valence-corrected chi connectivity index (χ0v) is 27.6. The molecule has 1 unspecified atom stereocenters. The van der Waals surface area contributed by atoms with Crippen molar-refractivity contribution in [2.75, 3.05) is 25.2 Å². The Morgan fingerprint density at radius 2 is 1.96 bits per heavy atom. The molecule has 45 heavy (non-hydrogen) atoms. The highest BCUT2D eigenvalue weighted by atomic mass is 79.9. The first kappa shape index (κ1) is 32.9. The van der Waals surface area contributed by atoms with Gasteiger partial charge in [0.2, 0.25) is 0 Å². The van der Waals surface area contributed by atoms with Crippen molar-refractivity contribution >= 4 is 55.2 Å². The van der Waals surface area contributed by atoms with Crippen LogP contribution in [-0.4, -0.2) is 57.5 Å². The van der Waals surface area contributed by atoms with E-state index in [-0.39, 0.29) is 25.6 Å². The summed E-state index contributed by atoms with van der Waals surface area (Å²) in [5, 5.41) is 21.4. The fraction of sp³-hybridized carbons (Fsp3) is 0.353. The summed E-state index contributed by atoms with van der Waals surface area (Å²) in [6.07, 6.45) is 1.77. The van der Waals surface area contributed by atoms with Crippen molar-refractivity contribution in [1.82, 2.24) is 15.2 Å². The molecule has 0 bridgehead atoms. The molecule has 0 amide bonds. The van der Waals surface area contributed by atoms with Crippen LogP contribution in [0.5, 0.6) is 5.75 Å². The number of fused-ring (bicyclic) bond motifs is 2. The molecule has 0 saturated heterocycles. The van der Waals surface area contributed by atoms with Crippen LogP contribution in [0.1, 0.15) is 54.1 Å². The second-order valence-corrected chi connectivity index (χ2v) is 11.8. The summed E-state index contributed by atoms with van der Waals surface area (Å²) >= 11 is 10.2. The Balaban J connectivity index is 1.46. The van der Waals surface area contributed by atoms with E-state index in [0.717, 1.165) is 44.2 Å². The van der Waals surface area contributed by atoms with Gasteiger partial charge in [0.25, 0.3) is 0 Å². The summed E-state index contributed by atoms with van der Waals surface area (Å²) in [7, 11) is 0. The Kier molecular flexibility index (Phi) is 11.1. The Morgan fingerprint density at radius 1 is 1.13 bits per heavy atom. The van der Waals surface area contributed by atoms with Gasteiger partial charge in [-0.3, -0.25) is 5.10 Å². The van der Waals surface area contributed by atoms with E-state index >= 15 is 0 Å². The van der Waals surface area contributed by atoms with Gasteiger partial charge in [-0.05, 0) is 73.9 Å². The predicted octanol–water partition coefficient (Wildman–Crippen LogP) is 7.92. The number of nitrogens with zero attached hydrogens (tertiary/aromatic N) is 1. The highest BCUT2D eigenvalue weighted by Crippen LogP contribution is 2.41. The van der Waals surface area contributed by atoms with Gasteiger partial charge in [0.05, 0.1) is 54.5 Å². The van der Waals surface area contributed by atoms with Gasteiger partial charge in [0.15, 0.2) is 0 Å². The molecular formula is C34H36BrClFN3O5. The Hall–Kier alpha value is -3.44. The van der Waals surface area contributed by atoms with Crippen LogP contribution in [0.2, 0.25) is 5.02 Å². The van der Waals surface area contributed by atoms with Gasteiger partial charge in [0.1, 0.15) is 17.3 Å². The second kappa shape index (κ2) is 15.2. The molecule has 0 aliphatic carbocycles. The topological polar surface area (TPSA) is 109 Å². The number of H-pyrrole nitrogens is 2. The number of nitrogens with one attached hydrogen (secondary N) is 2. The van der Waals surface area contributed by atoms with Gasteiger partial charge in [-0.15, -0.1) is 0 Å². The van der Waals surface area contributed by atoms with Gasteiger partial charge >= 0.3 is 5.97 Å². The first-order valence-corrected chi connectivity index (χ1v) is 16.6. The standard InChI is InChI=1S/C34H36BrClFN3O5/c1-3-27-31(28(40-39-27)19-43-18-22(41)14-15-35)30-26(36)13-12-25-24(33(38-32(25)30)34(42)44-4-2)8-6-16-45-29-9-5-7-20-17-21(37)10-11-23(20)29/h5,7,9-13,17,22,38,41H,3-4,6,8,14-16,18-19H2,1-2H3,(H,39,40). The number of hydrogen-bond donors (Lipinski definition) is 3. The number of hydrogen-bond acceptors (Lipinski definition) is 6. The highest BCUT2D eigenvalue weighted by Gasteiger charge is 2.25. The molecule has 5 rings (SSSR count). The Labute approximate surface area is 274 Å². The normalized spacial score (nSPS) is 12.2. The minimum atomic E-state index is -0.584. The Bertz CT molecular complexity index is 1790. The van der Waals surface area contributed by atoms with E-state index in [0.29, 0.717) is 59.6 Å². The first-order valence-electron chi connectivity index (χ1n) is 15.1. The van der Waals surface area contributed by atoms with E-state index in [1.54, 1.807) is 13.0 Å². The molecule has 8 nitrogen and oxygen atoms in total. The number of halogens is 3. The number of alkyl halides is 1. The number of aliphatic hydroxyl groups excluding tert-OH is 1. The molecule has 0 aliphatic heterocycles. The Morgan fingerprint density at radius 3 is 2.73 bits per heavy atom. The number of benzene rings is 3. The van der Waals surface area contributed by atoms with Crippen molar-refractivity contribution in [2.45, 2.75) is 52.2 Å². The number of esters is 1. The molecule has 0 fully saturated rings. The average Bonchev–Trinajstić information content (AvgIpc) is 3.60. The molecule has 238 valence electrons.